The van der Waals surface area contributed by atoms with Gasteiger partial charge in [-0.3, -0.25) is 0 Å². The summed E-state index contributed by atoms with van der Waals surface area (Å²) in [5.41, 5.74) is 1.19. The van der Waals surface area contributed by atoms with Gasteiger partial charge in [0, 0.05) is 12.6 Å². The summed E-state index contributed by atoms with van der Waals surface area (Å²) < 4.78 is 0. The Morgan fingerprint density at radius 1 is 1.57 bits per heavy atom. The molecule has 0 aliphatic carbocycles. The number of urea groups is 1. The Kier molecular flexibility index (Phi) is 5.22. The number of carbonyl (C=O) groups is 2. The molecule has 1 aromatic rings. The van der Waals surface area contributed by atoms with E-state index in [1.165, 1.54) is 10.5 Å². The number of likely N-dealkylation sites (tertiary alicyclic amines) is 1. The molecular weight excluding hydrogens is 288 g/mol. The van der Waals surface area contributed by atoms with Crippen LogP contribution in [-0.2, 0) is 11.2 Å². The number of thiophene rings is 1. The lowest BCUT2D eigenvalue weighted by molar-refractivity contribution is -0.143. The van der Waals surface area contributed by atoms with E-state index in [0.29, 0.717) is 18.9 Å². The van der Waals surface area contributed by atoms with E-state index in [1.54, 1.807) is 11.3 Å². The van der Waals surface area contributed by atoms with E-state index >= 15 is 0 Å². The number of nitrogens with one attached hydrogen (secondary N) is 1. The molecule has 1 fully saturated rings. The minimum atomic E-state index is -0.915. The molecule has 1 aliphatic rings. The van der Waals surface area contributed by atoms with Gasteiger partial charge in [-0.15, -0.1) is 0 Å². The Labute approximate surface area is 129 Å². The van der Waals surface area contributed by atoms with Crippen molar-refractivity contribution in [3.8, 4) is 0 Å². The van der Waals surface area contributed by atoms with Crippen molar-refractivity contribution in [3.63, 3.8) is 0 Å². The Morgan fingerprint density at radius 2 is 2.33 bits per heavy atom. The topological polar surface area (TPSA) is 69.6 Å². The first-order chi connectivity index (χ1) is 9.97. The average molecular weight is 310 g/mol. The molecule has 116 valence electrons. The zero-order valence-corrected chi connectivity index (χ0v) is 13.2. The molecule has 0 saturated carbocycles. The first-order valence-electron chi connectivity index (χ1n) is 7.28. The monoisotopic (exact) mass is 310 g/mol. The molecule has 2 N–H and O–H groups in total. The van der Waals surface area contributed by atoms with E-state index in [9.17, 15) is 14.7 Å². The van der Waals surface area contributed by atoms with E-state index < -0.39 is 12.0 Å². The summed E-state index contributed by atoms with van der Waals surface area (Å²) in [5.74, 6) is -0.569. The van der Waals surface area contributed by atoms with Gasteiger partial charge in [-0.2, -0.15) is 11.3 Å². The van der Waals surface area contributed by atoms with Crippen molar-refractivity contribution in [2.75, 3.05) is 6.54 Å². The van der Waals surface area contributed by atoms with E-state index in [2.05, 4.69) is 10.7 Å². The molecule has 0 bridgehead atoms. The lowest BCUT2D eigenvalue weighted by Gasteiger charge is -2.36. The number of carboxylic acid groups (broad SMARTS) is 1. The normalized spacial score (nSPS) is 23.6. The molecule has 21 heavy (non-hydrogen) atoms. The van der Waals surface area contributed by atoms with E-state index in [-0.39, 0.29) is 12.1 Å². The SMILES string of the molecule is CC1CCN(C(=O)NC(C)Cc2ccsc2)C(C(=O)O)C1. The van der Waals surface area contributed by atoms with Crippen LogP contribution in [-0.4, -0.2) is 40.6 Å². The van der Waals surface area contributed by atoms with Crippen molar-refractivity contribution in [3.05, 3.63) is 22.4 Å². The van der Waals surface area contributed by atoms with Crippen LogP contribution in [0.5, 0.6) is 0 Å². The molecule has 2 heterocycles. The van der Waals surface area contributed by atoms with Crippen molar-refractivity contribution < 1.29 is 14.7 Å². The van der Waals surface area contributed by atoms with Crippen LogP contribution in [0.15, 0.2) is 16.8 Å². The Hall–Kier alpha value is -1.56. The third-order valence-electron chi connectivity index (χ3n) is 3.90. The van der Waals surface area contributed by atoms with Gasteiger partial charge < -0.3 is 15.3 Å². The molecule has 6 heteroatoms. The summed E-state index contributed by atoms with van der Waals surface area (Å²) in [4.78, 5) is 25.1. The average Bonchev–Trinajstić information content (AvgIpc) is 2.90. The van der Waals surface area contributed by atoms with Gasteiger partial charge in [0.2, 0.25) is 0 Å². The summed E-state index contributed by atoms with van der Waals surface area (Å²) >= 11 is 1.63. The number of nitrogens with zero attached hydrogens (tertiary/aromatic N) is 1. The van der Waals surface area contributed by atoms with E-state index in [4.69, 9.17) is 0 Å². The molecule has 0 spiro atoms. The van der Waals surface area contributed by atoms with Crippen LogP contribution in [0.2, 0.25) is 0 Å². The fourth-order valence-corrected chi connectivity index (χ4v) is 3.41. The van der Waals surface area contributed by atoms with Crippen LogP contribution in [0.3, 0.4) is 0 Å². The second kappa shape index (κ2) is 6.93. The molecular formula is C15H22N2O3S. The summed E-state index contributed by atoms with van der Waals surface area (Å²) in [5, 5.41) is 16.3. The highest BCUT2D eigenvalue weighted by molar-refractivity contribution is 7.07. The van der Waals surface area contributed by atoms with Gasteiger partial charge in [-0.1, -0.05) is 6.92 Å². The smallest absolute Gasteiger partial charge is 0.326 e. The van der Waals surface area contributed by atoms with Gasteiger partial charge in [0.05, 0.1) is 0 Å². The standard InChI is InChI=1S/C15H22N2O3S/c1-10-3-5-17(13(7-10)14(18)19)15(20)16-11(2)8-12-4-6-21-9-12/h4,6,9-11,13H,3,5,7-8H2,1-2H3,(H,16,20)(H,18,19). The first kappa shape index (κ1) is 15.8. The number of amides is 2. The summed E-state index contributed by atoms with van der Waals surface area (Å²) in [6.45, 7) is 4.48. The highest BCUT2D eigenvalue weighted by atomic mass is 32.1. The van der Waals surface area contributed by atoms with Gasteiger partial charge in [0.15, 0.2) is 0 Å². The number of hydrogen-bond acceptors (Lipinski definition) is 3. The number of aliphatic carboxylic acids is 1. The van der Waals surface area contributed by atoms with Crippen LogP contribution in [0.4, 0.5) is 4.79 Å². The molecule has 3 unspecified atom stereocenters. The number of carboxylic acids is 1. The minimum Gasteiger partial charge on any atom is -0.480 e. The van der Waals surface area contributed by atoms with E-state index in [0.717, 1.165) is 12.8 Å². The molecule has 1 aliphatic heterocycles. The highest BCUT2D eigenvalue weighted by Gasteiger charge is 2.35. The van der Waals surface area contributed by atoms with Crippen molar-refractivity contribution in [1.29, 1.82) is 0 Å². The first-order valence-corrected chi connectivity index (χ1v) is 8.22. The van der Waals surface area contributed by atoms with Crippen LogP contribution in [0.1, 0.15) is 32.3 Å². The highest BCUT2D eigenvalue weighted by Crippen LogP contribution is 2.23. The van der Waals surface area contributed by atoms with Gasteiger partial charge in [-0.25, -0.2) is 9.59 Å². The van der Waals surface area contributed by atoms with Crippen LogP contribution >= 0.6 is 11.3 Å². The number of hydrogen-bond donors (Lipinski definition) is 2. The van der Waals surface area contributed by atoms with Crippen molar-refractivity contribution >= 4 is 23.3 Å². The second-order valence-corrected chi connectivity index (χ2v) is 6.64. The molecule has 5 nitrogen and oxygen atoms in total. The fourth-order valence-electron chi connectivity index (χ4n) is 2.73. The molecule has 1 aromatic heterocycles. The Balaban J connectivity index is 1.93. The van der Waals surface area contributed by atoms with Gasteiger partial charge in [0.1, 0.15) is 6.04 Å². The third-order valence-corrected chi connectivity index (χ3v) is 4.63. The van der Waals surface area contributed by atoms with Crippen molar-refractivity contribution in [1.82, 2.24) is 10.2 Å². The Morgan fingerprint density at radius 3 is 2.95 bits per heavy atom. The molecule has 2 rings (SSSR count). The number of carbonyl (C=O) groups excluding carboxylic acids is 1. The van der Waals surface area contributed by atoms with Crippen LogP contribution < -0.4 is 5.32 Å². The van der Waals surface area contributed by atoms with Crippen LogP contribution in [0.25, 0.3) is 0 Å². The predicted molar refractivity (Wildman–Crippen MR) is 82.5 cm³/mol. The largest absolute Gasteiger partial charge is 0.480 e. The van der Waals surface area contributed by atoms with Crippen molar-refractivity contribution in [2.24, 2.45) is 5.92 Å². The quantitative estimate of drug-likeness (QED) is 0.898. The van der Waals surface area contributed by atoms with Crippen LogP contribution in [0, 0.1) is 5.92 Å². The van der Waals surface area contributed by atoms with Gasteiger partial charge in [0.25, 0.3) is 0 Å². The predicted octanol–water partition coefficient (Wildman–Crippen LogP) is 2.57. The van der Waals surface area contributed by atoms with Gasteiger partial charge >= 0.3 is 12.0 Å². The molecule has 3 atom stereocenters. The molecule has 0 radical (unpaired) electrons. The molecule has 0 aromatic carbocycles. The molecule has 2 amide bonds. The van der Waals surface area contributed by atoms with Gasteiger partial charge in [-0.05, 0) is 54.5 Å². The minimum absolute atomic E-state index is 0.0131. The fraction of sp³-hybridized carbons (Fsp3) is 0.600. The maximum absolute atomic E-state index is 12.3. The summed E-state index contributed by atoms with van der Waals surface area (Å²) in [6, 6.07) is 1.05. The summed E-state index contributed by atoms with van der Waals surface area (Å²) in [6.07, 6.45) is 2.15. The maximum Gasteiger partial charge on any atom is 0.326 e. The second-order valence-electron chi connectivity index (χ2n) is 5.86. The lowest BCUT2D eigenvalue weighted by Crippen LogP contribution is -2.54. The lowest BCUT2D eigenvalue weighted by atomic mass is 9.93. The zero-order chi connectivity index (χ0) is 15.4. The number of rotatable bonds is 4. The van der Waals surface area contributed by atoms with E-state index in [1.807, 2.05) is 25.3 Å². The Bertz CT molecular complexity index is 489. The molecule has 1 saturated heterocycles. The maximum atomic E-state index is 12.3. The number of piperidine rings is 1. The third kappa shape index (κ3) is 4.20. The van der Waals surface area contributed by atoms with Crippen molar-refractivity contribution in [2.45, 2.75) is 45.2 Å². The zero-order valence-electron chi connectivity index (χ0n) is 12.4. The summed E-state index contributed by atoms with van der Waals surface area (Å²) in [7, 11) is 0.